The summed E-state index contributed by atoms with van der Waals surface area (Å²) in [5, 5.41) is 16.5. The van der Waals surface area contributed by atoms with Crippen LogP contribution in [0, 0.1) is 10.1 Å². The van der Waals surface area contributed by atoms with E-state index in [-0.39, 0.29) is 11.3 Å². The second kappa shape index (κ2) is 10.6. The number of anilines is 2. The standard InChI is InChI=1S/C19H21N3O7/c1-27-10-9-20-15-8-7-13(22(25)26)11-14(15)19(24)29-12-18(23)21-16-5-3-4-6-17(16)28-2/h3-8,11,20H,9-10,12H2,1-2H3,(H,21,23). The Hall–Kier alpha value is -3.66. The summed E-state index contributed by atoms with van der Waals surface area (Å²) in [6, 6.07) is 10.5. The van der Waals surface area contributed by atoms with Gasteiger partial charge in [0.25, 0.3) is 11.6 Å². The molecular formula is C19H21N3O7. The number of methoxy groups -OCH3 is 2. The molecule has 10 heteroatoms. The molecule has 0 radical (unpaired) electrons. The minimum Gasteiger partial charge on any atom is -0.495 e. The van der Waals surface area contributed by atoms with E-state index >= 15 is 0 Å². The number of nitro benzene ring substituents is 1. The molecular weight excluding hydrogens is 382 g/mol. The molecule has 2 N–H and O–H groups in total. The van der Waals surface area contributed by atoms with E-state index in [0.29, 0.717) is 30.3 Å². The summed E-state index contributed by atoms with van der Waals surface area (Å²) in [4.78, 5) is 34.9. The topological polar surface area (TPSA) is 129 Å². The fourth-order valence-electron chi connectivity index (χ4n) is 2.40. The Balaban J connectivity index is 2.07. The lowest BCUT2D eigenvalue weighted by molar-refractivity contribution is -0.384. The van der Waals surface area contributed by atoms with Gasteiger partial charge >= 0.3 is 5.97 Å². The number of amides is 1. The van der Waals surface area contributed by atoms with Crippen molar-refractivity contribution in [1.82, 2.24) is 0 Å². The maximum absolute atomic E-state index is 12.4. The summed E-state index contributed by atoms with van der Waals surface area (Å²) in [7, 11) is 2.98. The fourth-order valence-corrected chi connectivity index (χ4v) is 2.40. The lowest BCUT2D eigenvalue weighted by Crippen LogP contribution is -2.22. The number of nitro groups is 1. The van der Waals surface area contributed by atoms with Crippen LogP contribution in [0.1, 0.15) is 10.4 Å². The average molecular weight is 403 g/mol. The van der Waals surface area contributed by atoms with Gasteiger partial charge in [-0.2, -0.15) is 0 Å². The third-order valence-electron chi connectivity index (χ3n) is 3.77. The molecule has 2 rings (SSSR count). The number of carbonyl (C=O) groups excluding carboxylic acids is 2. The largest absolute Gasteiger partial charge is 0.495 e. The first kappa shape index (κ1) is 21.6. The van der Waals surface area contributed by atoms with Crippen molar-refractivity contribution in [2.75, 3.05) is 44.6 Å². The highest BCUT2D eigenvalue weighted by atomic mass is 16.6. The number of esters is 1. The second-order valence-corrected chi connectivity index (χ2v) is 5.73. The number of nitrogens with one attached hydrogen (secondary N) is 2. The number of nitrogens with zero attached hydrogens (tertiary/aromatic N) is 1. The van der Waals surface area contributed by atoms with Gasteiger partial charge in [-0.05, 0) is 18.2 Å². The lowest BCUT2D eigenvalue weighted by Gasteiger charge is -2.12. The molecule has 2 aromatic carbocycles. The number of para-hydroxylation sites is 2. The fraction of sp³-hybridized carbons (Fsp3) is 0.263. The Bertz CT molecular complexity index is 886. The van der Waals surface area contributed by atoms with Crippen molar-refractivity contribution in [1.29, 1.82) is 0 Å². The van der Waals surface area contributed by atoms with Gasteiger partial charge in [-0.3, -0.25) is 14.9 Å². The molecule has 2 aromatic rings. The van der Waals surface area contributed by atoms with E-state index in [2.05, 4.69) is 10.6 Å². The summed E-state index contributed by atoms with van der Waals surface area (Å²) < 4.78 is 15.1. The molecule has 0 bridgehead atoms. The van der Waals surface area contributed by atoms with Gasteiger partial charge < -0.3 is 24.8 Å². The quantitative estimate of drug-likeness (QED) is 0.268. The molecule has 0 atom stereocenters. The molecule has 0 spiro atoms. The Kier molecular flexibility index (Phi) is 7.92. The number of hydrogen-bond acceptors (Lipinski definition) is 8. The third-order valence-corrected chi connectivity index (χ3v) is 3.77. The molecule has 0 saturated carbocycles. The first-order chi connectivity index (χ1) is 14.0. The maximum Gasteiger partial charge on any atom is 0.341 e. The SMILES string of the molecule is COCCNc1ccc([N+](=O)[O-])cc1C(=O)OCC(=O)Nc1ccccc1OC. The number of non-ortho nitro benzene ring substituents is 1. The molecule has 0 heterocycles. The van der Waals surface area contributed by atoms with Gasteiger partial charge in [0.1, 0.15) is 5.75 Å². The predicted molar refractivity (Wildman–Crippen MR) is 105 cm³/mol. The normalized spacial score (nSPS) is 10.1. The van der Waals surface area contributed by atoms with Gasteiger partial charge in [-0.15, -0.1) is 0 Å². The van der Waals surface area contributed by atoms with Crippen molar-refractivity contribution in [2.24, 2.45) is 0 Å². The van der Waals surface area contributed by atoms with E-state index in [0.717, 1.165) is 6.07 Å². The lowest BCUT2D eigenvalue weighted by atomic mass is 10.1. The van der Waals surface area contributed by atoms with Gasteiger partial charge in [-0.25, -0.2) is 4.79 Å². The Morgan fingerprint density at radius 3 is 2.55 bits per heavy atom. The van der Waals surface area contributed by atoms with Gasteiger partial charge in [-0.1, -0.05) is 12.1 Å². The Morgan fingerprint density at radius 1 is 1.10 bits per heavy atom. The van der Waals surface area contributed by atoms with Gasteiger partial charge in [0, 0.05) is 31.5 Å². The molecule has 0 aliphatic heterocycles. The molecule has 0 unspecified atom stereocenters. The maximum atomic E-state index is 12.4. The highest BCUT2D eigenvalue weighted by molar-refractivity contribution is 5.99. The van der Waals surface area contributed by atoms with Crippen molar-refractivity contribution in [2.45, 2.75) is 0 Å². The van der Waals surface area contributed by atoms with E-state index < -0.39 is 23.4 Å². The van der Waals surface area contributed by atoms with Crippen LogP contribution in [0.5, 0.6) is 5.75 Å². The van der Waals surface area contributed by atoms with Crippen molar-refractivity contribution in [3.63, 3.8) is 0 Å². The predicted octanol–water partition coefficient (Wildman–Crippen LogP) is 2.46. The van der Waals surface area contributed by atoms with Crippen LogP contribution in [0.2, 0.25) is 0 Å². The number of ether oxygens (including phenoxy) is 3. The summed E-state index contributed by atoms with van der Waals surface area (Å²) in [6.45, 7) is 0.173. The monoisotopic (exact) mass is 403 g/mol. The first-order valence-electron chi connectivity index (χ1n) is 8.57. The van der Waals surface area contributed by atoms with Crippen molar-refractivity contribution in [3.8, 4) is 5.75 Å². The molecule has 0 aliphatic rings. The zero-order valence-electron chi connectivity index (χ0n) is 16.0. The molecule has 1 amide bonds. The average Bonchev–Trinajstić information content (AvgIpc) is 2.72. The highest BCUT2D eigenvalue weighted by Crippen LogP contribution is 2.24. The molecule has 0 saturated heterocycles. The minimum absolute atomic E-state index is 0.0552. The summed E-state index contributed by atoms with van der Waals surface area (Å²) >= 11 is 0. The van der Waals surface area contributed by atoms with E-state index in [1.54, 1.807) is 24.3 Å². The first-order valence-corrected chi connectivity index (χ1v) is 8.57. The van der Waals surface area contributed by atoms with E-state index in [1.807, 2.05) is 0 Å². The molecule has 0 aromatic heterocycles. The van der Waals surface area contributed by atoms with Crippen LogP contribution in [-0.4, -0.2) is 50.8 Å². The Morgan fingerprint density at radius 2 is 1.86 bits per heavy atom. The summed E-state index contributed by atoms with van der Waals surface area (Å²) in [5.41, 5.74) is 0.434. The van der Waals surface area contributed by atoms with Gasteiger partial charge in [0.15, 0.2) is 6.61 Å². The van der Waals surface area contributed by atoms with Crippen molar-refractivity contribution in [3.05, 3.63) is 58.1 Å². The van der Waals surface area contributed by atoms with Gasteiger partial charge in [0.05, 0.1) is 29.9 Å². The second-order valence-electron chi connectivity index (χ2n) is 5.73. The number of benzene rings is 2. The zero-order valence-corrected chi connectivity index (χ0v) is 16.0. The molecule has 0 fully saturated rings. The summed E-state index contributed by atoms with van der Waals surface area (Å²) in [5.74, 6) is -0.999. The van der Waals surface area contributed by atoms with Crippen LogP contribution in [0.4, 0.5) is 17.1 Å². The molecule has 154 valence electrons. The highest BCUT2D eigenvalue weighted by Gasteiger charge is 2.19. The third kappa shape index (κ3) is 6.18. The van der Waals surface area contributed by atoms with Gasteiger partial charge in [0.2, 0.25) is 0 Å². The number of hydrogen-bond donors (Lipinski definition) is 2. The van der Waals surface area contributed by atoms with Crippen LogP contribution in [0.3, 0.4) is 0 Å². The van der Waals surface area contributed by atoms with E-state index in [9.17, 15) is 19.7 Å². The van der Waals surface area contributed by atoms with Crippen LogP contribution < -0.4 is 15.4 Å². The summed E-state index contributed by atoms with van der Waals surface area (Å²) in [6.07, 6.45) is 0. The van der Waals surface area contributed by atoms with E-state index in [4.69, 9.17) is 14.2 Å². The Labute approximate surface area is 166 Å². The van der Waals surface area contributed by atoms with Crippen LogP contribution in [0.15, 0.2) is 42.5 Å². The van der Waals surface area contributed by atoms with E-state index in [1.165, 1.54) is 26.4 Å². The van der Waals surface area contributed by atoms with Crippen LogP contribution in [0.25, 0.3) is 0 Å². The van der Waals surface area contributed by atoms with Crippen LogP contribution >= 0.6 is 0 Å². The van der Waals surface area contributed by atoms with Crippen LogP contribution in [-0.2, 0) is 14.3 Å². The minimum atomic E-state index is -0.871. The number of rotatable bonds is 10. The molecule has 29 heavy (non-hydrogen) atoms. The van der Waals surface area contributed by atoms with Crippen molar-refractivity contribution < 1.29 is 28.7 Å². The van der Waals surface area contributed by atoms with Crippen molar-refractivity contribution >= 4 is 28.9 Å². The zero-order chi connectivity index (χ0) is 21.2. The number of carbonyl (C=O) groups is 2. The smallest absolute Gasteiger partial charge is 0.341 e. The molecule has 0 aliphatic carbocycles. The molecule has 10 nitrogen and oxygen atoms in total.